The van der Waals surface area contributed by atoms with Crippen LogP contribution in [0, 0.1) is 0 Å². The number of aromatic nitrogens is 1. The first kappa shape index (κ1) is 18.1. The molecule has 0 saturated carbocycles. The summed E-state index contributed by atoms with van der Waals surface area (Å²) in [5.41, 5.74) is -1.37. The van der Waals surface area contributed by atoms with Crippen molar-refractivity contribution in [1.82, 2.24) is 5.16 Å². The van der Waals surface area contributed by atoms with Crippen LogP contribution >= 0.6 is 11.6 Å². The van der Waals surface area contributed by atoms with Crippen LogP contribution in [0.1, 0.15) is 32.1 Å². The molecule has 24 heavy (non-hydrogen) atoms. The zero-order chi connectivity index (χ0) is 18.1. The van der Waals surface area contributed by atoms with Crippen molar-refractivity contribution < 1.29 is 22.5 Å². The monoisotopic (exact) mass is 361 g/mol. The minimum atomic E-state index is -4.61. The Morgan fingerprint density at radius 2 is 1.83 bits per heavy atom. The number of carbonyl (C=O) groups is 1. The molecule has 2 aromatic rings. The van der Waals surface area contributed by atoms with Gasteiger partial charge in [-0.2, -0.15) is 13.2 Å². The lowest BCUT2D eigenvalue weighted by Gasteiger charge is -2.12. The molecule has 0 atom stereocenters. The average Bonchev–Trinajstić information content (AvgIpc) is 2.88. The van der Waals surface area contributed by atoms with Gasteiger partial charge in [-0.15, -0.1) is 0 Å². The van der Waals surface area contributed by atoms with Gasteiger partial charge in [0, 0.05) is 17.2 Å². The van der Waals surface area contributed by atoms with Crippen molar-refractivity contribution in [3.05, 3.63) is 40.6 Å². The second-order valence-electron chi connectivity index (χ2n) is 6.10. The predicted octanol–water partition coefficient (Wildman–Crippen LogP) is 5.29. The van der Waals surface area contributed by atoms with Gasteiger partial charge >= 0.3 is 12.2 Å². The first-order valence-corrected chi connectivity index (χ1v) is 7.26. The van der Waals surface area contributed by atoms with Gasteiger partial charge in [-0.25, -0.2) is 4.79 Å². The summed E-state index contributed by atoms with van der Waals surface area (Å²) in [5.74, 6) is 0.714. The Morgan fingerprint density at radius 1 is 1.17 bits per heavy atom. The fourth-order valence-electron chi connectivity index (χ4n) is 1.79. The molecule has 0 bridgehead atoms. The van der Waals surface area contributed by atoms with E-state index in [4.69, 9.17) is 16.1 Å². The van der Waals surface area contributed by atoms with E-state index in [-0.39, 0.29) is 16.9 Å². The number of nitrogens with one attached hydrogen (secondary N) is 2. The van der Waals surface area contributed by atoms with Crippen LogP contribution in [0.15, 0.2) is 28.8 Å². The van der Waals surface area contributed by atoms with E-state index >= 15 is 0 Å². The highest BCUT2D eigenvalue weighted by Gasteiger charge is 2.33. The summed E-state index contributed by atoms with van der Waals surface area (Å²) in [5, 5.41) is 7.92. The standard InChI is InChI=1S/C15H15ClF3N3O2/c1-14(2,3)11-7-12(22-24-11)21-13(23)20-8-4-5-10(16)9(6-8)15(17,18)19/h4-7H,1-3H3,(H2,20,21,22,23). The fraction of sp³-hybridized carbons (Fsp3) is 0.333. The van der Waals surface area contributed by atoms with Crippen molar-refractivity contribution in [2.24, 2.45) is 0 Å². The predicted molar refractivity (Wildman–Crippen MR) is 84.3 cm³/mol. The van der Waals surface area contributed by atoms with E-state index in [1.54, 1.807) is 6.07 Å². The normalized spacial score (nSPS) is 12.1. The SMILES string of the molecule is CC(C)(C)c1cc(NC(=O)Nc2ccc(Cl)c(C(F)(F)F)c2)no1. The third-order valence-electron chi connectivity index (χ3n) is 3.02. The quantitative estimate of drug-likeness (QED) is 0.763. The molecule has 0 aliphatic carbocycles. The number of nitrogens with zero attached hydrogens (tertiary/aromatic N) is 1. The van der Waals surface area contributed by atoms with E-state index in [0.717, 1.165) is 12.1 Å². The van der Waals surface area contributed by atoms with Gasteiger partial charge in [0.25, 0.3) is 0 Å². The number of carbonyl (C=O) groups excluding carboxylic acids is 1. The highest BCUT2D eigenvalue weighted by molar-refractivity contribution is 6.31. The number of rotatable bonds is 2. The number of benzene rings is 1. The molecular formula is C15H15ClF3N3O2. The number of urea groups is 1. The summed E-state index contributed by atoms with van der Waals surface area (Å²) < 4.78 is 43.5. The van der Waals surface area contributed by atoms with Crippen molar-refractivity contribution in [3.63, 3.8) is 0 Å². The van der Waals surface area contributed by atoms with E-state index in [2.05, 4.69) is 15.8 Å². The van der Waals surface area contributed by atoms with Gasteiger partial charge in [0.1, 0.15) is 5.76 Å². The highest BCUT2D eigenvalue weighted by Crippen LogP contribution is 2.36. The van der Waals surface area contributed by atoms with Gasteiger partial charge in [0.2, 0.25) is 0 Å². The van der Waals surface area contributed by atoms with Crippen molar-refractivity contribution in [2.45, 2.75) is 32.4 Å². The van der Waals surface area contributed by atoms with Crippen LogP contribution < -0.4 is 10.6 Å². The molecule has 2 N–H and O–H groups in total. The van der Waals surface area contributed by atoms with Crippen LogP contribution in [0.4, 0.5) is 29.5 Å². The molecule has 2 amide bonds. The molecule has 0 aliphatic heterocycles. The molecule has 0 unspecified atom stereocenters. The van der Waals surface area contributed by atoms with Crippen LogP contribution in [0.5, 0.6) is 0 Å². The van der Waals surface area contributed by atoms with Crippen LogP contribution in [0.25, 0.3) is 0 Å². The number of alkyl halides is 3. The third-order valence-corrected chi connectivity index (χ3v) is 3.35. The lowest BCUT2D eigenvalue weighted by molar-refractivity contribution is -0.137. The highest BCUT2D eigenvalue weighted by atomic mass is 35.5. The van der Waals surface area contributed by atoms with Gasteiger partial charge in [-0.3, -0.25) is 5.32 Å². The minimum absolute atomic E-state index is 0.0521. The van der Waals surface area contributed by atoms with Crippen LogP contribution in [-0.2, 0) is 11.6 Å². The minimum Gasteiger partial charge on any atom is -0.359 e. The Kier molecular flexibility index (Phi) is 4.80. The van der Waals surface area contributed by atoms with Crippen molar-refractivity contribution >= 4 is 29.1 Å². The lowest BCUT2D eigenvalue weighted by atomic mass is 9.93. The average molecular weight is 362 g/mol. The second kappa shape index (κ2) is 6.35. The molecule has 130 valence electrons. The van der Waals surface area contributed by atoms with Gasteiger partial charge in [-0.05, 0) is 18.2 Å². The molecule has 1 aromatic carbocycles. The summed E-state index contributed by atoms with van der Waals surface area (Å²) in [6, 6.07) is 3.88. The van der Waals surface area contributed by atoms with E-state index in [0.29, 0.717) is 5.76 Å². The number of hydrogen-bond acceptors (Lipinski definition) is 3. The molecule has 5 nitrogen and oxygen atoms in total. The van der Waals surface area contributed by atoms with E-state index < -0.39 is 22.8 Å². The topological polar surface area (TPSA) is 67.2 Å². The molecule has 2 rings (SSSR count). The van der Waals surface area contributed by atoms with E-state index in [9.17, 15) is 18.0 Å². The van der Waals surface area contributed by atoms with Gasteiger partial charge in [0.15, 0.2) is 5.82 Å². The Labute approximate surface area is 141 Å². The summed E-state index contributed by atoms with van der Waals surface area (Å²) in [6.07, 6.45) is -4.61. The van der Waals surface area contributed by atoms with Crippen molar-refractivity contribution in [3.8, 4) is 0 Å². The molecule has 1 heterocycles. The smallest absolute Gasteiger partial charge is 0.359 e. The van der Waals surface area contributed by atoms with E-state index in [1.807, 2.05) is 20.8 Å². The maximum atomic E-state index is 12.8. The molecular weight excluding hydrogens is 347 g/mol. The van der Waals surface area contributed by atoms with Crippen molar-refractivity contribution in [2.75, 3.05) is 10.6 Å². The number of halogens is 4. The van der Waals surface area contributed by atoms with Crippen LogP contribution in [-0.4, -0.2) is 11.2 Å². The first-order chi connectivity index (χ1) is 11.0. The fourth-order valence-corrected chi connectivity index (χ4v) is 2.01. The van der Waals surface area contributed by atoms with Gasteiger partial charge in [0.05, 0.1) is 10.6 Å². The van der Waals surface area contributed by atoms with Gasteiger partial charge < -0.3 is 9.84 Å². The van der Waals surface area contributed by atoms with E-state index in [1.165, 1.54) is 6.07 Å². The molecule has 0 spiro atoms. The third kappa shape index (κ3) is 4.41. The maximum Gasteiger partial charge on any atom is 0.417 e. The molecule has 9 heteroatoms. The number of anilines is 2. The molecule has 1 aromatic heterocycles. The molecule has 0 fully saturated rings. The Bertz CT molecular complexity index is 751. The summed E-state index contributed by atoms with van der Waals surface area (Å²) >= 11 is 5.52. The summed E-state index contributed by atoms with van der Waals surface area (Å²) in [4.78, 5) is 11.9. The Hall–Kier alpha value is -2.22. The van der Waals surface area contributed by atoms with Crippen LogP contribution in [0.3, 0.4) is 0 Å². The second-order valence-corrected chi connectivity index (χ2v) is 6.51. The lowest BCUT2D eigenvalue weighted by Crippen LogP contribution is -2.20. The van der Waals surface area contributed by atoms with Gasteiger partial charge in [-0.1, -0.05) is 37.5 Å². The summed E-state index contributed by atoms with van der Waals surface area (Å²) in [6.45, 7) is 5.72. The molecule has 0 aliphatic rings. The summed E-state index contributed by atoms with van der Waals surface area (Å²) in [7, 11) is 0. The molecule has 0 radical (unpaired) electrons. The molecule has 0 saturated heterocycles. The Balaban J connectivity index is 2.09. The number of hydrogen-bond donors (Lipinski definition) is 2. The maximum absolute atomic E-state index is 12.8. The Morgan fingerprint density at radius 3 is 2.38 bits per heavy atom. The largest absolute Gasteiger partial charge is 0.417 e. The van der Waals surface area contributed by atoms with Crippen LogP contribution in [0.2, 0.25) is 5.02 Å². The number of amides is 2. The zero-order valence-electron chi connectivity index (χ0n) is 13.1. The zero-order valence-corrected chi connectivity index (χ0v) is 13.8. The first-order valence-electron chi connectivity index (χ1n) is 6.89. The van der Waals surface area contributed by atoms with Crippen molar-refractivity contribution in [1.29, 1.82) is 0 Å².